The second-order valence-corrected chi connectivity index (χ2v) is 10.3. The molecule has 12 heteroatoms. The summed E-state index contributed by atoms with van der Waals surface area (Å²) in [4.78, 5) is 40.3. The molecular formula is C29H22F6N2O4. The molecule has 0 radical (unpaired) electrons. The van der Waals surface area contributed by atoms with E-state index in [2.05, 4.69) is 5.32 Å². The van der Waals surface area contributed by atoms with Crippen molar-refractivity contribution in [1.82, 2.24) is 10.2 Å². The molecule has 0 saturated carbocycles. The third kappa shape index (κ3) is 5.38. The number of fused-ring (bicyclic) bond motifs is 1. The molecule has 0 aromatic heterocycles. The van der Waals surface area contributed by atoms with Crippen LogP contribution in [0.5, 0.6) is 5.75 Å². The Bertz CT molecular complexity index is 1540. The molecule has 214 valence electrons. The zero-order valence-electron chi connectivity index (χ0n) is 21.3. The highest BCUT2D eigenvalue weighted by Crippen LogP contribution is 2.53. The fourth-order valence-corrected chi connectivity index (χ4v) is 5.48. The van der Waals surface area contributed by atoms with E-state index in [1.54, 1.807) is 19.1 Å². The minimum absolute atomic E-state index is 0.0448. The fraction of sp³-hybridized carbons (Fsp3) is 0.276. The molecule has 3 aromatic carbocycles. The summed E-state index contributed by atoms with van der Waals surface area (Å²) in [6, 6.07) is 12.9. The van der Waals surface area contributed by atoms with Gasteiger partial charge >= 0.3 is 18.3 Å². The molecule has 2 heterocycles. The Morgan fingerprint density at radius 3 is 2.10 bits per heavy atom. The van der Waals surface area contributed by atoms with Gasteiger partial charge < -0.3 is 15.0 Å². The zero-order valence-corrected chi connectivity index (χ0v) is 21.3. The van der Waals surface area contributed by atoms with Crippen LogP contribution in [0.1, 0.15) is 63.2 Å². The van der Waals surface area contributed by atoms with Crippen molar-refractivity contribution in [2.45, 2.75) is 44.3 Å². The molecule has 2 aliphatic rings. The lowest BCUT2D eigenvalue weighted by molar-refractivity contribution is -0.138. The Kier molecular flexibility index (Phi) is 6.83. The van der Waals surface area contributed by atoms with Crippen molar-refractivity contribution in [2.75, 3.05) is 0 Å². The standard InChI is InChI=1S/C29H22F6N2O4/c1-27-14-21(20-10-2-3-11-22(20)41-25(40)17-7-5-9-19(13-17)29(33,34)35)37(26(27)36-23(38)15-27)24(39)16-6-4-8-18(12-16)28(30,31)32/h2-13,21,26H,14-15H2,1H3,(H,36,38)/t21-,26+,27-/m1/s1. The van der Waals surface area contributed by atoms with Gasteiger partial charge in [0.1, 0.15) is 11.9 Å². The number of hydrogen-bond acceptors (Lipinski definition) is 4. The molecule has 2 aliphatic heterocycles. The summed E-state index contributed by atoms with van der Waals surface area (Å²) < 4.78 is 85.2. The van der Waals surface area contributed by atoms with Crippen LogP contribution in [0, 0.1) is 5.41 Å². The van der Waals surface area contributed by atoms with Gasteiger partial charge in [0, 0.05) is 23.0 Å². The van der Waals surface area contributed by atoms with Crippen LogP contribution >= 0.6 is 0 Å². The average molecular weight is 576 g/mol. The zero-order chi connectivity index (χ0) is 29.7. The molecule has 5 rings (SSSR count). The normalized spacial score (nSPS) is 22.3. The van der Waals surface area contributed by atoms with Crippen LogP contribution in [-0.2, 0) is 17.1 Å². The number of alkyl halides is 6. The topological polar surface area (TPSA) is 75.7 Å². The maximum Gasteiger partial charge on any atom is 0.416 e. The van der Waals surface area contributed by atoms with E-state index in [1.165, 1.54) is 29.2 Å². The fourth-order valence-electron chi connectivity index (χ4n) is 5.48. The van der Waals surface area contributed by atoms with Gasteiger partial charge in [-0.1, -0.05) is 37.3 Å². The van der Waals surface area contributed by atoms with E-state index < -0.39 is 53.0 Å². The first-order valence-electron chi connectivity index (χ1n) is 12.4. The van der Waals surface area contributed by atoms with Crippen molar-refractivity contribution in [3.8, 4) is 5.75 Å². The molecule has 0 aliphatic carbocycles. The number of carbonyl (C=O) groups is 3. The smallest absolute Gasteiger partial charge is 0.416 e. The predicted octanol–water partition coefficient (Wildman–Crippen LogP) is 6.38. The van der Waals surface area contributed by atoms with Gasteiger partial charge in [-0.3, -0.25) is 9.59 Å². The lowest BCUT2D eigenvalue weighted by atomic mass is 9.83. The summed E-state index contributed by atoms with van der Waals surface area (Å²) in [6.45, 7) is 1.76. The van der Waals surface area contributed by atoms with E-state index in [9.17, 15) is 40.7 Å². The first kappa shape index (κ1) is 28.2. The average Bonchev–Trinajstić information content (AvgIpc) is 3.35. The van der Waals surface area contributed by atoms with E-state index in [0.717, 1.165) is 30.3 Å². The lowest BCUT2D eigenvalue weighted by Crippen LogP contribution is -2.47. The Labute approximate surface area is 229 Å². The Hall–Kier alpha value is -4.35. The van der Waals surface area contributed by atoms with Crippen molar-refractivity contribution in [2.24, 2.45) is 5.41 Å². The molecule has 3 atom stereocenters. The van der Waals surface area contributed by atoms with Gasteiger partial charge in [-0.15, -0.1) is 0 Å². The van der Waals surface area contributed by atoms with E-state index in [1.807, 2.05) is 0 Å². The highest BCUT2D eigenvalue weighted by Gasteiger charge is 2.57. The maximum absolute atomic E-state index is 13.8. The number of hydrogen-bond donors (Lipinski definition) is 1. The molecule has 0 unspecified atom stereocenters. The number of amides is 2. The van der Waals surface area contributed by atoms with Crippen molar-refractivity contribution in [3.05, 3.63) is 101 Å². The molecular weight excluding hydrogens is 554 g/mol. The second-order valence-electron chi connectivity index (χ2n) is 10.3. The number of ether oxygens (including phenoxy) is 1. The number of halogens is 6. The number of nitrogens with one attached hydrogen (secondary N) is 1. The number of para-hydroxylation sites is 1. The number of nitrogens with zero attached hydrogens (tertiary/aromatic N) is 1. The lowest BCUT2D eigenvalue weighted by Gasteiger charge is -2.32. The van der Waals surface area contributed by atoms with Gasteiger partial charge in [-0.2, -0.15) is 26.3 Å². The quantitative estimate of drug-likeness (QED) is 0.222. The summed E-state index contributed by atoms with van der Waals surface area (Å²) >= 11 is 0. The monoisotopic (exact) mass is 576 g/mol. The minimum Gasteiger partial charge on any atom is -0.423 e. The van der Waals surface area contributed by atoms with E-state index >= 15 is 0 Å². The number of esters is 1. The van der Waals surface area contributed by atoms with Crippen LogP contribution < -0.4 is 10.1 Å². The highest BCUT2D eigenvalue weighted by molar-refractivity contribution is 5.96. The summed E-state index contributed by atoms with van der Waals surface area (Å²) in [7, 11) is 0. The molecule has 41 heavy (non-hydrogen) atoms. The third-order valence-electron chi connectivity index (χ3n) is 7.37. The number of carbonyl (C=O) groups excluding carboxylic acids is 3. The Balaban J connectivity index is 1.52. The predicted molar refractivity (Wildman–Crippen MR) is 132 cm³/mol. The Morgan fingerprint density at radius 1 is 0.878 bits per heavy atom. The minimum atomic E-state index is -4.69. The summed E-state index contributed by atoms with van der Waals surface area (Å²) in [5.41, 5.74) is -3.16. The second kappa shape index (κ2) is 9.93. The van der Waals surface area contributed by atoms with E-state index in [4.69, 9.17) is 4.74 Å². The maximum atomic E-state index is 13.8. The van der Waals surface area contributed by atoms with Gasteiger partial charge in [-0.05, 0) is 48.9 Å². The first-order valence-corrected chi connectivity index (χ1v) is 12.4. The van der Waals surface area contributed by atoms with E-state index in [-0.39, 0.29) is 35.6 Å². The van der Waals surface area contributed by atoms with E-state index in [0.29, 0.717) is 11.6 Å². The molecule has 0 bridgehead atoms. The van der Waals surface area contributed by atoms with Gasteiger partial charge in [0.05, 0.1) is 22.7 Å². The first-order chi connectivity index (χ1) is 19.2. The molecule has 6 nitrogen and oxygen atoms in total. The van der Waals surface area contributed by atoms with Gasteiger partial charge in [0.2, 0.25) is 5.91 Å². The van der Waals surface area contributed by atoms with Crippen LogP contribution in [0.3, 0.4) is 0 Å². The van der Waals surface area contributed by atoms with Crippen LogP contribution in [0.15, 0.2) is 72.8 Å². The summed E-state index contributed by atoms with van der Waals surface area (Å²) in [6.07, 6.45) is -10.00. The third-order valence-corrected chi connectivity index (χ3v) is 7.37. The highest BCUT2D eigenvalue weighted by atomic mass is 19.4. The van der Waals surface area contributed by atoms with Crippen LogP contribution in [0.2, 0.25) is 0 Å². The van der Waals surface area contributed by atoms with Crippen molar-refractivity contribution >= 4 is 17.8 Å². The summed E-state index contributed by atoms with van der Waals surface area (Å²) in [5, 5.41) is 2.74. The molecule has 3 aromatic rings. The van der Waals surface area contributed by atoms with Gasteiger partial charge in [-0.25, -0.2) is 4.79 Å². The Morgan fingerprint density at radius 2 is 1.46 bits per heavy atom. The largest absolute Gasteiger partial charge is 0.423 e. The molecule has 2 saturated heterocycles. The number of rotatable bonds is 4. The molecule has 2 fully saturated rings. The van der Waals surface area contributed by atoms with Crippen molar-refractivity contribution in [3.63, 3.8) is 0 Å². The molecule has 1 N–H and O–H groups in total. The SMILES string of the molecule is C[C@@]12CC(=O)N[C@H]1N(C(=O)c1cccc(C(F)(F)F)c1)[C@@H](c1ccccc1OC(=O)c1cccc(C(F)(F)F)c1)C2. The molecule has 2 amide bonds. The van der Waals surface area contributed by atoms with Crippen molar-refractivity contribution < 1.29 is 45.5 Å². The van der Waals surface area contributed by atoms with Crippen LogP contribution in [0.25, 0.3) is 0 Å². The van der Waals surface area contributed by atoms with Crippen molar-refractivity contribution in [1.29, 1.82) is 0 Å². The summed E-state index contributed by atoms with van der Waals surface area (Å²) in [5.74, 6) is -2.23. The van der Waals surface area contributed by atoms with Crippen LogP contribution in [0.4, 0.5) is 26.3 Å². The van der Waals surface area contributed by atoms with Crippen LogP contribution in [-0.4, -0.2) is 28.8 Å². The number of likely N-dealkylation sites (tertiary alicyclic amines) is 1. The van der Waals surface area contributed by atoms with Gasteiger partial charge in [0.25, 0.3) is 5.91 Å². The van der Waals surface area contributed by atoms with Gasteiger partial charge in [0.15, 0.2) is 0 Å². The number of benzene rings is 3. The molecule has 0 spiro atoms.